The maximum Gasteiger partial charge on any atom is 0.0720 e. The van der Waals surface area contributed by atoms with E-state index in [1.54, 1.807) is 12.4 Å². The predicted octanol–water partition coefficient (Wildman–Crippen LogP) is 4.38. The second-order valence-electron chi connectivity index (χ2n) is 4.23. The third-order valence-corrected chi connectivity index (χ3v) is 4.51. The Hall–Kier alpha value is -1.19. The number of pyridine rings is 1. The van der Waals surface area contributed by atoms with E-state index >= 15 is 0 Å². The van der Waals surface area contributed by atoms with E-state index in [4.69, 9.17) is 11.6 Å². The first-order valence-electron chi connectivity index (χ1n) is 5.92. The Morgan fingerprint density at radius 3 is 3.06 bits per heavy atom. The number of rotatable bonds is 2. The van der Waals surface area contributed by atoms with Gasteiger partial charge in [0.2, 0.25) is 0 Å². The fraction of sp³-hybridized carbons (Fsp3) is 0.214. The van der Waals surface area contributed by atoms with Crippen LogP contribution in [0.5, 0.6) is 0 Å². The minimum Gasteiger partial charge on any atom is -0.376 e. The van der Waals surface area contributed by atoms with Crippen molar-refractivity contribution >= 4 is 29.1 Å². The van der Waals surface area contributed by atoms with E-state index in [9.17, 15) is 0 Å². The summed E-state index contributed by atoms with van der Waals surface area (Å²) in [6.45, 7) is 0. The van der Waals surface area contributed by atoms with Crippen molar-refractivity contribution in [3.05, 3.63) is 53.3 Å². The van der Waals surface area contributed by atoms with Crippen molar-refractivity contribution in [2.75, 3.05) is 11.1 Å². The summed E-state index contributed by atoms with van der Waals surface area (Å²) in [5, 5.41) is 4.22. The van der Waals surface area contributed by atoms with Crippen molar-refractivity contribution in [1.29, 1.82) is 0 Å². The van der Waals surface area contributed by atoms with Crippen LogP contribution in [0.25, 0.3) is 0 Å². The number of hydrogen-bond acceptors (Lipinski definition) is 3. The maximum absolute atomic E-state index is 6.16. The summed E-state index contributed by atoms with van der Waals surface area (Å²) in [6.07, 6.45) is 4.60. The van der Waals surface area contributed by atoms with Crippen LogP contribution in [0, 0.1) is 0 Å². The van der Waals surface area contributed by atoms with E-state index in [2.05, 4.69) is 34.6 Å². The summed E-state index contributed by atoms with van der Waals surface area (Å²) in [5.74, 6) is 1.13. The number of fused-ring (bicyclic) bond motifs is 1. The molecule has 1 aromatic heterocycles. The van der Waals surface area contributed by atoms with E-state index < -0.39 is 0 Å². The van der Waals surface area contributed by atoms with Gasteiger partial charge in [-0.25, -0.2) is 0 Å². The van der Waals surface area contributed by atoms with E-state index in [1.165, 1.54) is 10.5 Å². The number of nitrogens with zero attached hydrogens (tertiary/aromatic N) is 1. The summed E-state index contributed by atoms with van der Waals surface area (Å²) in [4.78, 5) is 5.48. The SMILES string of the molecule is Clc1ccncc1NC1CCSc2ccccc21. The fourth-order valence-corrected chi connectivity index (χ4v) is 3.45. The third-order valence-electron chi connectivity index (χ3n) is 3.06. The van der Waals surface area contributed by atoms with E-state index in [0.29, 0.717) is 6.04 Å². The zero-order chi connectivity index (χ0) is 12.4. The zero-order valence-corrected chi connectivity index (χ0v) is 11.3. The summed E-state index contributed by atoms with van der Waals surface area (Å²) in [5.41, 5.74) is 2.26. The number of thioether (sulfide) groups is 1. The molecule has 1 N–H and O–H groups in total. The molecule has 18 heavy (non-hydrogen) atoms. The first-order chi connectivity index (χ1) is 8.84. The number of benzene rings is 1. The van der Waals surface area contributed by atoms with Crippen molar-refractivity contribution in [3.8, 4) is 0 Å². The Labute approximate surface area is 116 Å². The second-order valence-corrected chi connectivity index (χ2v) is 5.77. The molecule has 0 fully saturated rings. The van der Waals surface area contributed by atoms with Gasteiger partial charge in [0.15, 0.2) is 0 Å². The molecule has 0 saturated carbocycles. The number of anilines is 1. The molecule has 0 saturated heterocycles. The van der Waals surface area contributed by atoms with Gasteiger partial charge in [-0.15, -0.1) is 11.8 Å². The smallest absolute Gasteiger partial charge is 0.0720 e. The lowest BCUT2D eigenvalue weighted by Crippen LogP contribution is -2.16. The average Bonchev–Trinajstić information content (AvgIpc) is 2.42. The highest BCUT2D eigenvalue weighted by Gasteiger charge is 2.20. The number of halogens is 1. The topological polar surface area (TPSA) is 24.9 Å². The Morgan fingerprint density at radius 1 is 1.28 bits per heavy atom. The van der Waals surface area contributed by atoms with Gasteiger partial charge in [-0.3, -0.25) is 4.98 Å². The van der Waals surface area contributed by atoms with E-state index in [1.807, 2.05) is 17.8 Å². The van der Waals surface area contributed by atoms with Gasteiger partial charge >= 0.3 is 0 Å². The van der Waals surface area contributed by atoms with Gasteiger partial charge in [-0.05, 0) is 24.1 Å². The van der Waals surface area contributed by atoms with Crippen molar-refractivity contribution in [3.63, 3.8) is 0 Å². The lowest BCUT2D eigenvalue weighted by atomic mass is 10.0. The normalized spacial score (nSPS) is 18.2. The molecule has 1 aromatic carbocycles. The minimum atomic E-state index is 0.323. The van der Waals surface area contributed by atoms with Crippen LogP contribution in [0.3, 0.4) is 0 Å². The molecule has 2 heterocycles. The lowest BCUT2D eigenvalue weighted by Gasteiger charge is -2.26. The first kappa shape index (κ1) is 11.9. The Kier molecular flexibility index (Phi) is 3.43. The molecule has 0 radical (unpaired) electrons. The average molecular weight is 277 g/mol. The molecule has 1 atom stereocenters. The highest BCUT2D eigenvalue weighted by Crippen LogP contribution is 2.38. The van der Waals surface area contributed by atoms with Gasteiger partial charge in [-0.1, -0.05) is 29.8 Å². The molecule has 2 nitrogen and oxygen atoms in total. The van der Waals surface area contributed by atoms with Crippen molar-refractivity contribution in [2.24, 2.45) is 0 Å². The second kappa shape index (κ2) is 5.21. The fourth-order valence-electron chi connectivity index (χ4n) is 2.16. The van der Waals surface area contributed by atoms with Crippen LogP contribution in [0.4, 0.5) is 5.69 Å². The molecular formula is C14H13ClN2S. The van der Waals surface area contributed by atoms with Crippen LogP contribution in [-0.2, 0) is 0 Å². The molecule has 92 valence electrons. The summed E-state index contributed by atoms with van der Waals surface area (Å²) >= 11 is 8.08. The van der Waals surface area contributed by atoms with Gasteiger partial charge in [0.05, 0.1) is 22.9 Å². The number of nitrogens with one attached hydrogen (secondary N) is 1. The molecular weight excluding hydrogens is 264 g/mol. The van der Waals surface area contributed by atoms with Crippen molar-refractivity contribution in [1.82, 2.24) is 4.98 Å². The summed E-state index contributed by atoms with van der Waals surface area (Å²) in [6, 6.07) is 10.7. The summed E-state index contributed by atoms with van der Waals surface area (Å²) in [7, 11) is 0. The molecule has 4 heteroatoms. The highest BCUT2D eigenvalue weighted by molar-refractivity contribution is 7.99. The molecule has 0 aliphatic carbocycles. The Bertz CT molecular complexity index is 559. The summed E-state index contributed by atoms with van der Waals surface area (Å²) < 4.78 is 0. The number of aromatic nitrogens is 1. The highest BCUT2D eigenvalue weighted by atomic mass is 35.5. The van der Waals surface area contributed by atoms with Crippen molar-refractivity contribution in [2.45, 2.75) is 17.4 Å². The van der Waals surface area contributed by atoms with Gasteiger partial charge in [0, 0.05) is 16.8 Å². The monoisotopic (exact) mass is 276 g/mol. The molecule has 1 aliphatic heterocycles. The quantitative estimate of drug-likeness (QED) is 0.881. The molecule has 0 spiro atoms. The molecule has 3 rings (SSSR count). The van der Waals surface area contributed by atoms with Gasteiger partial charge in [0.25, 0.3) is 0 Å². The van der Waals surface area contributed by atoms with Gasteiger partial charge in [0.1, 0.15) is 0 Å². The van der Waals surface area contributed by atoms with Crippen LogP contribution >= 0.6 is 23.4 Å². The standard InChI is InChI=1S/C14H13ClN2S/c15-11-5-7-16-9-13(11)17-12-6-8-18-14-4-2-1-3-10(12)14/h1-5,7,9,12,17H,6,8H2. The van der Waals surface area contributed by atoms with E-state index in [0.717, 1.165) is 22.9 Å². The Balaban J connectivity index is 1.89. The first-order valence-corrected chi connectivity index (χ1v) is 7.29. The minimum absolute atomic E-state index is 0.323. The predicted molar refractivity (Wildman–Crippen MR) is 77.4 cm³/mol. The van der Waals surface area contributed by atoms with Crippen LogP contribution in [-0.4, -0.2) is 10.7 Å². The number of hydrogen-bond donors (Lipinski definition) is 1. The van der Waals surface area contributed by atoms with Crippen LogP contribution in [0.1, 0.15) is 18.0 Å². The molecule has 1 unspecified atom stereocenters. The third kappa shape index (κ3) is 2.33. The lowest BCUT2D eigenvalue weighted by molar-refractivity contribution is 0.728. The Morgan fingerprint density at radius 2 is 2.17 bits per heavy atom. The van der Waals surface area contributed by atoms with Gasteiger partial charge < -0.3 is 5.32 Å². The molecule has 0 amide bonds. The van der Waals surface area contributed by atoms with Crippen LogP contribution < -0.4 is 5.32 Å². The van der Waals surface area contributed by atoms with Gasteiger partial charge in [-0.2, -0.15) is 0 Å². The maximum atomic E-state index is 6.16. The zero-order valence-electron chi connectivity index (χ0n) is 9.77. The molecule has 0 bridgehead atoms. The molecule has 2 aromatic rings. The molecule has 1 aliphatic rings. The van der Waals surface area contributed by atoms with Crippen LogP contribution in [0.2, 0.25) is 5.02 Å². The van der Waals surface area contributed by atoms with Crippen LogP contribution in [0.15, 0.2) is 47.6 Å². The van der Waals surface area contributed by atoms with E-state index in [-0.39, 0.29) is 0 Å². The van der Waals surface area contributed by atoms with Crippen molar-refractivity contribution < 1.29 is 0 Å². The largest absolute Gasteiger partial charge is 0.376 e.